The second kappa shape index (κ2) is 11.6. The van der Waals surface area contributed by atoms with E-state index in [0.29, 0.717) is 10.4 Å². The molecule has 2 aromatic carbocycles. The van der Waals surface area contributed by atoms with Crippen LogP contribution < -0.4 is 8.61 Å². The highest BCUT2D eigenvalue weighted by atomic mass is 35.5. The summed E-state index contributed by atoms with van der Waals surface area (Å²) < 4.78 is 95.0. The van der Waals surface area contributed by atoms with E-state index < -0.39 is 66.8 Å². The van der Waals surface area contributed by atoms with E-state index in [-0.39, 0.29) is 16.3 Å². The van der Waals surface area contributed by atoms with Crippen molar-refractivity contribution in [3.8, 4) is 0 Å². The lowest BCUT2D eigenvalue weighted by Crippen LogP contribution is -2.34. The molecule has 3 rings (SSSR count). The van der Waals surface area contributed by atoms with Crippen LogP contribution in [0.3, 0.4) is 0 Å². The van der Waals surface area contributed by atoms with Crippen molar-refractivity contribution < 1.29 is 39.9 Å². The number of alkyl halides is 3. The van der Waals surface area contributed by atoms with E-state index >= 15 is 0 Å². The van der Waals surface area contributed by atoms with Gasteiger partial charge in [0.05, 0.1) is 31.9 Å². The lowest BCUT2D eigenvalue weighted by Gasteiger charge is -2.26. The SMILES string of the molecule is COCN(c1cc(Cl)cnc1C(=O)c1ccccc1N(C)S(=O)O)S(=O)(=O)c1ccc(Cl)c(C(F)(F)F)c1. The average Bonchev–Trinajstić information content (AvgIpc) is 2.85. The van der Waals surface area contributed by atoms with E-state index in [2.05, 4.69) is 4.98 Å². The summed E-state index contributed by atoms with van der Waals surface area (Å²) in [5, 5.41) is -0.807. The van der Waals surface area contributed by atoms with Gasteiger partial charge < -0.3 is 4.74 Å². The second-order valence-corrected chi connectivity index (χ2v) is 11.2. The third-order valence-electron chi connectivity index (χ3n) is 5.12. The molecular formula is C22H18Cl2F3N3O6S2. The lowest BCUT2D eigenvalue weighted by molar-refractivity contribution is -0.137. The number of carbonyl (C=O) groups excluding carboxylic acids is 1. The van der Waals surface area contributed by atoms with E-state index in [9.17, 15) is 35.1 Å². The van der Waals surface area contributed by atoms with Crippen LogP contribution in [0.2, 0.25) is 10.0 Å². The standard InChI is InChI=1S/C22H18Cl2F3N3O6S2/c1-29(37(32)33)18-6-4-3-5-15(18)21(31)20-19(9-13(23)11-28-20)30(12-36-2)38(34,35)14-7-8-17(24)16(10-14)22(25,26)27/h3-11H,12H2,1-2H3,(H,32,33). The molecule has 204 valence electrons. The van der Waals surface area contributed by atoms with Crippen LogP contribution in [0.5, 0.6) is 0 Å². The maximum atomic E-state index is 13.6. The quantitative estimate of drug-likeness (QED) is 0.205. The van der Waals surface area contributed by atoms with Crippen molar-refractivity contribution in [1.82, 2.24) is 4.98 Å². The number of pyridine rings is 1. The number of benzene rings is 2. The maximum Gasteiger partial charge on any atom is 0.417 e. The molecular weight excluding hydrogens is 594 g/mol. The first kappa shape index (κ1) is 29.8. The van der Waals surface area contributed by atoms with Crippen molar-refractivity contribution in [3.05, 3.63) is 81.6 Å². The summed E-state index contributed by atoms with van der Waals surface area (Å²) in [6, 6.07) is 8.78. The zero-order chi connectivity index (χ0) is 28.4. The number of nitrogens with zero attached hydrogens (tertiary/aromatic N) is 3. The van der Waals surface area contributed by atoms with Crippen molar-refractivity contribution >= 4 is 61.6 Å². The van der Waals surface area contributed by atoms with Gasteiger partial charge in [0.2, 0.25) is 5.78 Å². The fourth-order valence-corrected chi connectivity index (χ4v) is 5.45. The molecule has 0 saturated heterocycles. The monoisotopic (exact) mass is 611 g/mol. The van der Waals surface area contributed by atoms with E-state index in [4.69, 9.17) is 27.9 Å². The Bertz CT molecular complexity index is 1510. The topological polar surface area (TPSA) is 117 Å². The number of methoxy groups -OCH3 is 1. The van der Waals surface area contributed by atoms with Gasteiger partial charge in [-0.2, -0.15) is 13.2 Å². The fraction of sp³-hybridized carbons (Fsp3) is 0.182. The van der Waals surface area contributed by atoms with E-state index in [1.807, 2.05) is 0 Å². The Morgan fingerprint density at radius 2 is 1.79 bits per heavy atom. The highest BCUT2D eigenvalue weighted by Gasteiger charge is 2.37. The first-order valence-electron chi connectivity index (χ1n) is 10.2. The minimum absolute atomic E-state index is 0.0229. The highest BCUT2D eigenvalue weighted by molar-refractivity contribution is 7.92. The Morgan fingerprint density at radius 1 is 1.13 bits per heavy atom. The van der Waals surface area contributed by atoms with Crippen molar-refractivity contribution in [2.45, 2.75) is 11.1 Å². The predicted molar refractivity (Wildman–Crippen MR) is 136 cm³/mol. The second-order valence-electron chi connectivity index (χ2n) is 7.51. The third kappa shape index (κ3) is 6.11. The molecule has 38 heavy (non-hydrogen) atoms. The normalized spacial score (nSPS) is 12.7. The minimum atomic E-state index is -4.95. The highest BCUT2D eigenvalue weighted by Crippen LogP contribution is 2.38. The van der Waals surface area contributed by atoms with E-state index in [1.54, 1.807) is 0 Å². The van der Waals surface area contributed by atoms with Crippen LogP contribution >= 0.6 is 23.2 Å². The van der Waals surface area contributed by atoms with Crippen LogP contribution in [-0.2, 0) is 32.2 Å². The first-order chi connectivity index (χ1) is 17.7. The average molecular weight is 612 g/mol. The number of hydrogen-bond acceptors (Lipinski definition) is 6. The fourth-order valence-electron chi connectivity index (χ4n) is 3.34. The van der Waals surface area contributed by atoms with Gasteiger partial charge in [-0.25, -0.2) is 21.9 Å². The molecule has 1 unspecified atom stereocenters. The van der Waals surface area contributed by atoms with Gasteiger partial charge >= 0.3 is 6.18 Å². The van der Waals surface area contributed by atoms with Crippen LogP contribution in [0.15, 0.2) is 59.6 Å². The van der Waals surface area contributed by atoms with Crippen molar-refractivity contribution in [3.63, 3.8) is 0 Å². The van der Waals surface area contributed by atoms with Gasteiger partial charge in [0.25, 0.3) is 21.3 Å². The van der Waals surface area contributed by atoms with Crippen LogP contribution in [0, 0.1) is 0 Å². The smallest absolute Gasteiger partial charge is 0.363 e. The molecule has 16 heteroatoms. The summed E-state index contributed by atoms with van der Waals surface area (Å²) in [7, 11) is -2.43. The number of anilines is 2. The summed E-state index contributed by atoms with van der Waals surface area (Å²) in [6.07, 6.45) is -3.88. The number of ether oxygens (including phenoxy) is 1. The number of halogens is 5. The molecule has 1 atom stereocenters. The Balaban J connectivity index is 2.23. The van der Waals surface area contributed by atoms with Gasteiger partial charge in [0.1, 0.15) is 12.4 Å². The number of rotatable bonds is 9. The van der Waals surface area contributed by atoms with Crippen LogP contribution in [0.25, 0.3) is 0 Å². The molecule has 1 aromatic heterocycles. The van der Waals surface area contributed by atoms with Crippen molar-refractivity contribution in [1.29, 1.82) is 0 Å². The molecule has 0 aliphatic carbocycles. The number of ketones is 1. The predicted octanol–water partition coefficient (Wildman–Crippen LogP) is 5.01. The Morgan fingerprint density at radius 3 is 2.39 bits per heavy atom. The van der Waals surface area contributed by atoms with Crippen molar-refractivity contribution in [2.75, 3.05) is 29.5 Å². The summed E-state index contributed by atoms with van der Waals surface area (Å²) in [5.41, 5.74) is -2.35. The van der Waals surface area contributed by atoms with Crippen molar-refractivity contribution in [2.24, 2.45) is 0 Å². The molecule has 1 heterocycles. The molecule has 9 nitrogen and oxygen atoms in total. The van der Waals surface area contributed by atoms with Crippen LogP contribution in [0.4, 0.5) is 24.5 Å². The Labute approximate surface area is 228 Å². The van der Waals surface area contributed by atoms with E-state index in [1.165, 1.54) is 31.3 Å². The first-order valence-corrected chi connectivity index (χ1v) is 13.5. The van der Waals surface area contributed by atoms with Crippen LogP contribution in [-0.4, -0.2) is 48.8 Å². The summed E-state index contributed by atoms with van der Waals surface area (Å²) in [6.45, 7) is -0.739. The molecule has 0 bridgehead atoms. The summed E-state index contributed by atoms with van der Waals surface area (Å²) >= 11 is 9.19. The number of carbonyl (C=O) groups is 1. The minimum Gasteiger partial charge on any atom is -0.363 e. The van der Waals surface area contributed by atoms with Gasteiger partial charge in [0, 0.05) is 25.9 Å². The molecule has 0 aliphatic rings. The maximum absolute atomic E-state index is 13.6. The molecule has 3 aromatic rings. The third-order valence-corrected chi connectivity index (χ3v) is 8.05. The molecule has 0 spiro atoms. The van der Waals surface area contributed by atoms with Gasteiger partial charge in [-0.05, 0) is 36.4 Å². The molecule has 0 fully saturated rings. The van der Waals surface area contributed by atoms with Gasteiger partial charge in [-0.1, -0.05) is 35.3 Å². The number of para-hydroxylation sites is 1. The number of sulfonamides is 1. The van der Waals surface area contributed by atoms with E-state index in [0.717, 1.165) is 35.8 Å². The number of hydrogen-bond donors (Lipinski definition) is 1. The zero-order valence-corrected chi connectivity index (χ0v) is 22.6. The Kier molecular flexibility index (Phi) is 9.06. The zero-order valence-electron chi connectivity index (χ0n) is 19.4. The molecule has 1 N–H and O–H groups in total. The number of aromatic nitrogens is 1. The molecule has 0 radical (unpaired) electrons. The Hall–Kier alpha value is -2.75. The summed E-state index contributed by atoms with van der Waals surface area (Å²) in [4.78, 5) is 16.8. The van der Waals surface area contributed by atoms with Gasteiger partial charge in [-0.3, -0.25) is 13.7 Å². The van der Waals surface area contributed by atoms with Gasteiger partial charge in [0.15, 0.2) is 0 Å². The van der Waals surface area contributed by atoms with Gasteiger partial charge in [-0.15, -0.1) is 0 Å². The van der Waals surface area contributed by atoms with Crippen LogP contribution in [0.1, 0.15) is 21.6 Å². The summed E-state index contributed by atoms with van der Waals surface area (Å²) in [5.74, 6) is -0.868. The molecule has 0 amide bonds. The molecule has 0 aliphatic heterocycles. The largest absolute Gasteiger partial charge is 0.417 e. The molecule has 0 saturated carbocycles. The lowest BCUT2D eigenvalue weighted by atomic mass is 10.0.